The molecule has 2 aromatic heterocycles. The van der Waals surface area contributed by atoms with Crippen molar-refractivity contribution in [2.75, 3.05) is 5.32 Å². The van der Waals surface area contributed by atoms with Crippen LogP contribution in [0.1, 0.15) is 31.7 Å². The van der Waals surface area contributed by atoms with Gasteiger partial charge in [-0.3, -0.25) is 14.9 Å². The first-order valence-corrected chi connectivity index (χ1v) is 10.1. The molecule has 2 heterocycles. The molecule has 0 spiro atoms. The van der Waals surface area contributed by atoms with E-state index in [1.165, 1.54) is 23.1 Å². The average Bonchev–Trinajstić information content (AvgIpc) is 3.07. The van der Waals surface area contributed by atoms with Gasteiger partial charge in [0.05, 0.1) is 16.2 Å². The highest BCUT2D eigenvalue weighted by atomic mass is 32.2. The number of hydrogen-bond acceptors (Lipinski definition) is 7. The Labute approximate surface area is 158 Å². The first-order valence-electron chi connectivity index (χ1n) is 8.35. The molecule has 0 aliphatic carbocycles. The minimum Gasteiger partial charge on any atom is -0.301 e. The number of anilines is 1. The topological polar surface area (TPSA) is 101 Å². The normalized spacial score (nSPS) is 12.2. The Balaban J connectivity index is 1.65. The second-order valence-electron chi connectivity index (χ2n) is 5.74. The van der Waals surface area contributed by atoms with E-state index < -0.39 is 5.25 Å². The minimum absolute atomic E-state index is 0.205. The van der Waals surface area contributed by atoms with Crippen LogP contribution in [-0.2, 0) is 11.2 Å². The maximum Gasteiger partial charge on any atom is 0.259 e. The standard InChI is InChI=1S/C17H19N5O2S2/c1-3-4-9-13-21-22-17(26-13)19-14(23)10(2)25-16-18-12-8-6-5-7-11(12)15(24)20-16/h5-8,10H,3-4,9H2,1-2H3,(H,18,20,24)(H,19,22,23). The lowest BCUT2D eigenvalue weighted by molar-refractivity contribution is -0.115. The number of hydrogen-bond donors (Lipinski definition) is 2. The second kappa shape index (κ2) is 8.41. The maximum absolute atomic E-state index is 12.4. The van der Waals surface area contributed by atoms with Crippen LogP contribution in [0.5, 0.6) is 0 Å². The van der Waals surface area contributed by atoms with Crippen molar-refractivity contribution >= 4 is 45.0 Å². The van der Waals surface area contributed by atoms with E-state index in [9.17, 15) is 9.59 Å². The molecule has 26 heavy (non-hydrogen) atoms. The quantitative estimate of drug-likeness (QED) is 0.475. The minimum atomic E-state index is -0.442. The zero-order valence-electron chi connectivity index (χ0n) is 14.5. The molecule has 2 N–H and O–H groups in total. The number of carbonyl (C=O) groups excluding carboxylic acids is 1. The predicted molar refractivity (Wildman–Crippen MR) is 105 cm³/mol. The summed E-state index contributed by atoms with van der Waals surface area (Å²) in [4.78, 5) is 31.6. The second-order valence-corrected chi connectivity index (χ2v) is 8.13. The fraction of sp³-hybridized carbons (Fsp3) is 0.353. The molecule has 3 rings (SSSR count). The lowest BCUT2D eigenvalue weighted by atomic mass is 10.2. The Morgan fingerprint density at radius 3 is 2.96 bits per heavy atom. The van der Waals surface area contributed by atoms with Gasteiger partial charge in [0.25, 0.3) is 5.56 Å². The summed E-state index contributed by atoms with van der Waals surface area (Å²) in [6.45, 7) is 3.88. The highest BCUT2D eigenvalue weighted by Crippen LogP contribution is 2.23. The van der Waals surface area contributed by atoms with Crippen LogP contribution < -0.4 is 10.9 Å². The van der Waals surface area contributed by atoms with Crippen molar-refractivity contribution in [3.05, 3.63) is 39.6 Å². The number of aromatic nitrogens is 4. The summed E-state index contributed by atoms with van der Waals surface area (Å²) < 4.78 is 0. The molecule has 0 radical (unpaired) electrons. The highest BCUT2D eigenvalue weighted by molar-refractivity contribution is 8.00. The van der Waals surface area contributed by atoms with Gasteiger partial charge in [0.15, 0.2) is 5.16 Å². The van der Waals surface area contributed by atoms with Crippen molar-refractivity contribution in [1.29, 1.82) is 0 Å². The molecule has 3 aromatic rings. The molecule has 0 saturated carbocycles. The number of nitrogens with zero attached hydrogens (tertiary/aromatic N) is 3. The van der Waals surface area contributed by atoms with Crippen molar-refractivity contribution in [3.63, 3.8) is 0 Å². The van der Waals surface area contributed by atoms with Crippen LogP contribution in [-0.4, -0.2) is 31.3 Å². The molecule has 0 aliphatic heterocycles. The van der Waals surface area contributed by atoms with Crippen LogP contribution in [0.25, 0.3) is 10.9 Å². The Morgan fingerprint density at radius 2 is 2.15 bits per heavy atom. The van der Waals surface area contributed by atoms with Crippen LogP contribution in [0.15, 0.2) is 34.2 Å². The molecule has 0 saturated heterocycles. The number of nitrogens with one attached hydrogen (secondary N) is 2. The molecule has 0 aliphatic rings. The van der Waals surface area contributed by atoms with E-state index >= 15 is 0 Å². The molecule has 1 unspecified atom stereocenters. The summed E-state index contributed by atoms with van der Waals surface area (Å²) in [6.07, 6.45) is 3.01. The molecule has 0 bridgehead atoms. The number of amides is 1. The average molecular weight is 390 g/mol. The summed E-state index contributed by atoms with van der Waals surface area (Å²) in [7, 11) is 0. The van der Waals surface area contributed by atoms with E-state index in [1.54, 1.807) is 25.1 Å². The molecule has 7 nitrogen and oxygen atoms in total. The fourth-order valence-electron chi connectivity index (χ4n) is 2.28. The van der Waals surface area contributed by atoms with Crippen molar-refractivity contribution in [2.45, 2.75) is 43.5 Å². The number of para-hydroxylation sites is 1. The van der Waals surface area contributed by atoms with Crippen molar-refractivity contribution in [3.8, 4) is 0 Å². The molecule has 9 heteroatoms. The third-order valence-corrected chi connectivity index (χ3v) is 5.57. The van der Waals surface area contributed by atoms with Gasteiger partial charge in [0, 0.05) is 6.42 Å². The summed E-state index contributed by atoms with van der Waals surface area (Å²) in [6, 6.07) is 7.11. The van der Waals surface area contributed by atoms with Gasteiger partial charge >= 0.3 is 0 Å². The van der Waals surface area contributed by atoms with E-state index in [2.05, 4.69) is 32.4 Å². The number of carbonyl (C=O) groups is 1. The third-order valence-electron chi connectivity index (χ3n) is 3.69. The van der Waals surface area contributed by atoms with Gasteiger partial charge in [-0.25, -0.2) is 4.98 Å². The number of thioether (sulfide) groups is 1. The summed E-state index contributed by atoms with van der Waals surface area (Å²) >= 11 is 2.59. The number of aromatic amines is 1. The number of fused-ring (bicyclic) bond motifs is 1. The van der Waals surface area contributed by atoms with Crippen molar-refractivity contribution < 1.29 is 4.79 Å². The molecule has 136 valence electrons. The van der Waals surface area contributed by atoms with Gasteiger partial charge in [-0.15, -0.1) is 10.2 Å². The fourth-order valence-corrected chi connectivity index (χ4v) is 3.87. The molecule has 1 aromatic carbocycles. The first kappa shape index (κ1) is 18.5. The number of unbranched alkanes of at least 4 members (excludes halogenated alkanes) is 1. The Kier molecular flexibility index (Phi) is 6.00. The summed E-state index contributed by atoms with van der Waals surface area (Å²) in [5.74, 6) is -0.205. The number of H-pyrrole nitrogens is 1. The predicted octanol–water partition coefficient (Wildman–Crippen LogP) is 3.24. The van der Waals surface area contributed by atoms with Gasteiger partial charge in [0.1, 0.15) is 5.01 Å². The highest BCUT2D eigenvalue weighted by Gasteiger charge is 2.18. The van der Waals surface area contributed by atoms with Gasteiger partial charge in [-0.1, -0.05) is 48.6 Å². The molecular weight excluding hydrogens is 370 g/mol. The number of rotatable bonds is 7. The monoisotopic (exact) mass is 389 g/mol. The Bertz CT molecular complexity index is 969. The number of benzene rings is 1. The summed E-state index contributed by atoms with van der Waals surface area (Å²) in [5.41, 5.74) is 0.395. The SMILES string of the molecule is CCCCc1nnc(NC(=O)C(C)Sc2nc3ccccc3c(=O)[nH]2)s1. The van der Waals surface area contributed by atoms with E-state index in [0.29, 0.717) is 21.2 Å². The number of aryl methyl sites for hydroxylation is 1. The van der Waals surface area contributed by atoms with E-state index in [4.69, 9.17) is 0 Å². The van der Waals surface area contributed by atoms with E-state index in [0.717, 1.165) is 24.3 Å². The largest absolute Gasteiger partial charge is 0.301 e. The zero-order chi connectivity index (χ0) is 18.5. The molecule has 0 fully saturated rings. The van der Waals surface area contributed by atoms with Gasteiger partial charge in [-0.2, -0.15) is 0 Å². The summed E-state index contributed by atoms with van der Waals surface area (Å²) in [5, 5.41) is 12.8. The molecular formula is C17H19N5O2S2. The van der Waals surface area contributed by atoms with Crippen LogP contribution in [0.4, 0.5) is 5.13 Å². The van der Waals surface area contributed by atoms with Gasteiger partial charge in [0.2, 0.25) is 11.0 Å². The Morgan fingerprint density at radius 1 is 1.35 bits per heavy atom. The van der Waals surface area contributed by atoms with Crippen LogP contribution >= 0.6 is 23.1 Å². The van der Waals surface area contributed by atoms with Crippen molar-refractivity contribution in [2.24, 2.45) is 0 Å². The maximum atomic E-state index is 12.4. The van der Waals surface area contributed by atoms with E-state index in [1.807, 2.05) is 6.07 Å². The van der Waals surface area contributed by atoms with Crippen LogP contribution in [0.2, 0.25) is 0 Å². The third kappa shape index (κ3) is 4.47. The first-order chi connectivity index (χ1) is 12.6. The van der Waals surface area contributed by atoms with Gasteiger partial charge < -0.3 is 4.98 Å². The van der Waals surface area contributed by atoms with Crippen LogP contribution in [0.3, 0.4) is 0 Å². The Hall–Kier alpha value is -2.26. The molecule has 1 amide bonds. The lowest BCUT2D eigenvalue weighted by Gasteiger charge is -2.09. The smallest absolute Gasteiger partial charge is 0.259 e. The zero-order valence-corrected chi connectivity index (χ0v) is 16.1. The van der Waals surface area contributed by atoms with Crippen molar-refractivity contribution in [1.82, 2.24) is 20.2 Å². The lowest BCUT2D eigenvalue weighted by Crippen LogP contribution is -2.23. The van der Waals surface area contributed by atoms with E-state index in [-0.39, 0.29) is 11.5 Å². The van der Waals surface area contributed by atoms with Crippen LogP contribution in [0, 0.1) is 0 Å². The molecule has 1 atom stereocenters. The van der Waals surface area contributed by atoms with Gasteiger partial charge in [-0.05, 0) is 25.5 Å².